The number of amides is 5. The van der Waals surface area contributed by atoms with Gasteiger partial charge in [0.25, 0.3) is 29.5 Å². The van der Waals surface area contributed by atoms with Gasteiger partial charge in [0.1, 0.15) is 0 Å². The zero-order chi connectivity index (χ0) is 69.5. The van der Waals surface area contributed by atoms with E-state index in [0.29, 0.717) is 89.1 Å². The van der Waals surface area contributed by atoms with E-state index in [1.807, 2.05) is 84.9 Å². The number of carbonyl (C=O) groups excluding carboxylic acids is 5. The predicted octanol–water partition coefficient (Wildman–Crippen LogP) is 14.3. The summed E-state index contributed by atoms with van der Waals surface area (Å²) in [4.78, 5) is 96.2. The highest BCUT2D eigenvalue weighted by molar-refractivity contribution is 7.98. The molecular weight excluding hydrogens is 1290 g/mol. The molecule has 3 N–H and O–H groups in total. The number of nitrogens with one attached hydrogen (secondary N) is 3. The summed E-state index contributed by atoms with van der Waals surface area (Å²) >= 11 is 1.64. The zero-order valence-corrected chi connectivity index (χ0v) is 56.9. The van der Waals surface area contributed by atoms with E-state index in [2.05, 4.69) is 46.7 Å². The fraction of sp³-hybridized carbons (Fsp3) is 0.291. The number of morpholine rings is 1. The minimum absolute atomic E-state index is 0.144. The van der Waals surface area contributed by atoms with Gasteiger partial charge in [-0.3, -0.25) is 43.8 Å². The van der Waals surface area contributed by atoms with Gasteiger partial charge in [0.15, 0.2) is 0 Å². The van der Waals surface area contributed by atoms with Crippen LogP contribution in [0.5, 0.6) is 0 Å². The molecule has 3 aromatic heterocycles. The molecule has 3 aliphatic rings. The Morgan fingerprint density at radius 2 is 1.11 bits per heavy atom. The summed E-state index contributed by atoms with van der Waals surface area (Å²) in [5.41, 5.74) is 9.56. The molecule has 17 nitrogen and oxygen atoms in total. The van der Waals surface area contributed by atoms with Gasteiger partial charge in [-0.05, 0) is 182 Å². The summed E-state index contributed by atoms with van der Waals surface area (Å²) in [6.07, 6.45) is 7.45. The van der Waals surface area contributed by atoms with Gasteiger partial charge in [0.2, 0.25) is 0 Å². The van der Waals surface area contributed by atoms with Crippen LogP contribution in [0.1, 0.15) is 113 Å². The van der Waals surface area contributed by atoms with E-state index in [-0.39, 0.29) is 41.0 Å². The Balaban J connectivity index is 0.781. The molecule has 12 rings (SSSR count). The van der Waals surface area contributed by atoms with Crippen LogP contribution in [0, 0.1) is 0 Å². The van der Waals surface area contributed by atoms with Crippen LogP contribution in [0.4, 0.5) is 35.9 Å². The maximum Gasteiger partial charge on any atom is 0.416 e. The van der Waals surface area contributed by atoms with Crippen molar-refractivity contribution >= 4 is 64.0 Å². The van der Waals surface area contributed by atoms with Crippen molar-refractivity contribution in [2.75, 3.05) is 107 Å². The highest BCUT2D eigenvalue weighted by Crippen LogP contribution is 2.38. The third kappa shape index (κ3) is 18.0. The molecule has 6 aromatic carbocycles. The molecule has 0 radical (unpaired) electrons. The third-order valence-corrected chi connectivity index (χ3v) is 19.5. The Morgan fingerprint density at radius 1 is 0.510 bits per heavy atom. The molecule has 21 heteroatoms. The van der Waals surface area contributed by atoms with E-state index in [4.69, 9.17) is 9.72 Å². The third-order valence-electron chi connectivity index (χ3n) is 18.4. The summed E-state index contributed by atoms with van der Waals surface area (Å²) < 4.78 is 46.1. The van der Waals surface area contributed by atoms with Crippen LogP contribution < -0.4 is 25.8 Å². The van der Waals surface area contributed by atoms with Crippen molar-refractivity contribution in [3.05, 3.63) is 239 Å². The number of hydrogen-bond donors (Lipinski definition) is 3. The first kappa shape index (κ1) is 69.7. The number of nitrogens with zero attached hydrogens (tertiary/aromatic N) is 8. The van der Waals surface area contributed by atoms with E-state index >= 15 is 0 Å². The Kier molecular flexibility index (Phi) is 22.7. The standard InChI is InChI=1S/C79H80F3N11O6S/c1-89(36-28-64-17-5-6-29-83-64)78(98)62-46-60(45-61(47-62)76(96)88-70-24-22-65(92-32-7-3-8-33-92)49-68(70)72-48-58(26-30-84-72)74(94)86-52-55-13-11-16-63(43-55)79(80,81)82)56-20-18-54(19-21-56)53-100-67-27-31-85-73(51-67)69-50-66(93-34-9-4-10-35-93)23-25-71(69)87-75(95)57-14-12-15-59(44-57)77(97)90(2)37-38-91-39-41-99-42-40-91/h5-6,11-27,29-31,43-51H,3-4,7-10,28,32-42,52-53H2,1-2H3,(H,86,94)(H,87,95)(H,88,96). The number of aromatic nitrogens is 3. The lowest BCUT2D eigenvalue weighted by Crippen LogP contribution is -2.41. The van der Waals surface area contributed by atoms with Crippen LogP contribution in [-0.2, 0) is 29.6 Å². The van der Waals surface area contributed by atoms with Gasteiger partial charge in [0.05, 0.1) is 41.5 Å². The average molecular weight is 1370 g/mol. The summed E-state index contributed by atoms with van der Waals surface area (Å²) in [6, 6.07) is 49.4. The molecule has 3 saturated heterocycles. The van der Waals surface area contributed by atoms with E-state index in [1.165, 1.54) is 30.8 Å². The maximum absolute atomic E-state index is 15.0. The SMILES string of the molecule is CN(CCc1ccccn1)C(=O)c1cc(C(=O)Nc2ccc(N3CCCCC3)cc2-c2cc(C(=O)NCc3cccc(C(F)(F)F)c3)ccn2)cc(-c2ccc(CSc3ccnc(-c4cc(N5CCCCC5)ccc4NC(=O)c4cccc(C(=O)N(C)CCN5CCOCC5)c4)c3)cc2)c1. The second kappa shape index (κ2) is 32.6. The number of pyridine rings is 3. The van der Waals surface area contributed by atoms with Crippen LogP contribution in [-0.4, -0.2) is 145 Å². The molecule has 3 fully saturated rings. The van der Waals surface area contributed by atoms with Crippen molar-refractivity contribution in [3.8, 4) is 33.6 Å². The highest BCUT2D eigenvalue weighted by atomic mass is 32.2. The highest BCUT2D eigenvalue weighted by Gasteiger charge is 2.31. The van der Waals surface area contributed by atoms with E-state index in [1.54, 1.807) is 96.6 Å². The molecule has 0 spiro atoms. The van der Waals surface area contributed by atoms with Crippen molar-refractivity contribution in [2.24, 2.45) is 0 Å². The lowest BCUT2D eigenvalue weighted by molar-refractivity contribution is -0.137. The fourth-order valence-electron chi connectivity index (χ4n) is 12.7. The average Bonchev–Trinajstić information content (AvgIpc) is 0.807. The first-order valence-electron chi connectivity index (χ1n) is 34.0. The number of piperidine rings is 2. The van der Waals surface area contributed by atoms with Crippen LogP contribution in [0.2, 0.25) is 0 Å². The number of likely N-dealkylation sites (N-methyl/N-ethyl adjacent to an activating group) is 2. The van der Waals surface area contributed by atoms with Gasteiger partial charge >= 0.3 is 6.18 Å². The summed E-state index contributed by atoms with van der Waals surface area (Å²) in [5.74, 6) is -1.23. The van der Waals surface area contributed by atoms with Gasteiger partial charge in [0, 0.05) is 171 Å². The van der Waals surface area contributed by atoms with Crippen LogP contribution in [0.15, 0.2) is 193 Å². The fourth-order valence-corrected chi connectivity index (χ4v) is 13.6. The van der Waals surface area contributed by atoms with Gasteiger partial charge in [-0.15, -0.1) is 11.8 Å². The Hall–Kier alpha value is -10.2. The molecule has 0 saturated carbocycles. The molecule has 5 amide bonds. The molecule has 0 atom stereocenters. The second-order valence-corrected chi connectivity index (χ2v) is 26.5. The van der Waals surface area contributed by atoms with E-state index < -0.39 is 23.6 Å². The van der Waals surface area contributed by atoms with Crippen LogP contribution in [0.25, 0.3) is 33.6 Å². The number of anilines is 4. The zero-order valence-electron chi connectivity index (χ0n) is 56.1. The van der Waals surface area contributed by atoms with Crippen molar-refractivity contribution in [2.45, 2.75) is 68.3 Å². The summed E-state index contributed by atoms with van der Waals surface area (Å²) in [6.45, 7) is 8.06. The number of ether oxygens (including phenoxy) is 1. The summed E-state index contributed by atoms with van der Waals surface area (Å²) in [7, 11) is 3.51. The molecule has 100 heavy (non-hydrogen) atoms. The number of thioether (sulfide) groups is 1. The Bertz CT molecular complexity index is 4390. The van der Waals surface area contributed by atoms with Crippen LogP contribution in [0.3, 0.4) is 0 Å². The van der Waals surface area contributed by atoms with Crippen molar-refractivity contribution in [1.82, 2.24) is 35.0 Å². The van der Waals surface area contributed by atoms with Crippen LogP contribution >= 0.6 is 11.8 Å². The van der Waals surface area contributed by atoms with E-state index in [9.17, 15) is 37.1 Å². The first-order valence-corrected chi connectivity index (χ1v) is 35.0. The number of carbonyl (C=O) groups is 5. The first-order chi connectivity index (χ1) is 48.5. The molecule has 0 aliphatic carbocycles. The van der Waals surface area contributed by atoms with E-state index in [0.717, 1.165) is 129 Å². The summed E-state index contributed by atoms with van der Waals surface area (Å²) in [5, 5.41) is 9.05. The van der Waals surface area contributed by atoms with Gasteiger partial charge < -0.3 is 40.3 Å². The Labute approximate surface area is 585 Å². The monoisotopic (exact) mass is 1370 g/mol. The quantitative estimate of drug-likeness (QED) is 0.0514. The molecule has 0 unspecified atom stereocenters. The number of alkyl halides is 3. The molecule has 6 heterocycles. The molecular formula is C79H80F3N11O6S. The Morgan fingerprint density at radius 3 is 1.78 bits per heavy atom. The molecule has 514 valence electrons. The number of benzene rings is 6. The predicted molar refractivity (Wildman–Crippen MR) is 387 cm³/mol. The minimum atomic E-state index is -4.54. The minimum Gasteiger partial charge on any atom is -0.379 e. The lowest BCUT2D eigenvalue weighted by Gasteiger charge is -2.29. The van der Waals surface area contributed by atoms with Gasteiger partial charge in [-0.2, -0.15) is 13.2 Å². The van der Waals surface area contributed by atoms with Crippen molar-refractivity contribution in [1.29, 1.82) is 0 Å². The maximum atomic E-state index is 15.0. The molecule has 3 aliphatic heterocycles. The molecule has 9 aromatic rings. The topological polar surface area (TPSA) is 186 Å². The van der Waals surface area contributed by atoms with Crippen molar-refractivity contribution < 1.29 is 41.9 Å². The largest absolute Gasteiger partial charge is 0.416 e. The van der Waals surface area contributed by atoms with Gasteiger partial charge in [-0.1, -0.05) is 48.5 Å². The number of halogens is 3. The number of hydrogen-bond acceptors (Lipinski definition) is 13. The van der Waals surface area contributed by atoms with Crippen molar-refractivity contribution in [3.63, 3.8) is 0 Å². The van der Waals surface area contributed by atoms with Gasteiger partial charge in [-0.25, -0.2) is 0 Å². The normalized spacial score (nSPS) is 14.2. The molecule has 0 bridgehead atoms. The smallest absolute Gasteiger partial charge is 0.379 e. The lowest BCUT2D eigenvalue weighted by atomic mass is 9.97. The number of rotatable bonds is 23. The second-order valence-electron chi connectivity index (χ2n) is 25.5.